The maximum absolute atomic E-state index is 12.4. The van der Waals surface area contributed by atoms with E-state index in [1.807, 2.05) is 7.05 Å². The Bertz CT molecular complexity index is 834. The molecule has 3 rings (SSSR count). The number of carbonyl (C=O) groups excluding carboxylic acids is 1. The second-order valence-electron chi connectivity index (χ2n) is 5.62. The van der Waals surface area contributed by atoms with Crippen LogP contribution < -0.4 is 5.32 Å². The van der Waals surface area contributed by atoms with E-state index in [0.717, 1.165) is 17.0 Å². The molecule has 2 aromatic rings. The SMILES string of the molecule is CN1CCc2c(sc(NC(=O)c3ccc(O)c(Cl)c3)c2C(=O)O)C1. The number of fused-ring (bicyclic) bond motifs is 1. The van der Waals surface area contributed by atoms with Gasteiger partial charge in [-0.3, -0.25) is 4.79 Å². The molecule has 1 amide bonds. The number of rotatable bonds is 3. The molecule has 2 heterocycles. The van der Waals surface area contributed by atoms with Gasteiger partial charge in [0, 0.05) is 23.5 Å². The Morgan fingerprint density at radius 1 is 1.38 bits per heavy atom. The molecule has 126 valence electrons. The zero-order valence-corrected chi connectivity index (χ0v) is 14.4. The Hall–Kier alpha value is -2.09. The van der Waals surface area contributed by atoms with Gasteiger partial charge in [-0.1, -0.05) is 11.6 Å². The molecule has 3 N–H and O–H groups in total. The fourth-order valence-electron chi connectivity index (χ4n) is 2.67. The molecule has 0 unspecified atom stereocenters. The molecule has 0 spiro atoms. The number of benzene rings is 1. The third-order valence-corrected chi connectivity index (χ3v) is 5.33. The van der Waals surface area contributed by atoms with E-state index < -0.39 is 11.9 Å². The highest BCUT2D eigenvalue weighted by Crippen LogP contribution is 2.37. The lowest BCUT2D eigenvalue weighted by Gasteiger charge is -2.22. The van der Waals surface area contributed by atoms with E-state index in [2.05, 4.69) is 10.2 Å². The summed E-state index contributed by atoms with van der Waals surface area (Å²) in [6, 6.07) is 4.09. The number of carboxylic acid groups (broad SMARTS) is 1. The standard InChI is InChI=1S/C16H15ClN2O4S/c1-19-5-4-9-12(7-19)24-15(13(9)16(22)23)18-14(21)8-2-3-11(20)10(17)6-8/h2-3,6,20H,4-5,7H2,1H3,(H,18,21)(H,22,23). The Labute approximate surface area is 147 Å². The first-order valence-corrected chi connectivity index (χ1v) is 8.42. The molecule has 1 aliphatic rings. The maximum atomic E-state index is 12.4. The van der Waals surface area contributed by atoms with Crippen LogP contribution in [0.2, 0.25) is 5.02 Å². The lowest BCUT2D eigenvalue weighted by atomic mass is 10.0. The average Bonchev–Trinajstić information content (AvgIpc) is 2.86. The number of phenolic OH excluding ortho intramolecular Hbond substituents is 1. The lowest BCUT2D eigenvalue weighted by Crippen LogP contribution is -2.26. The van der Waals surface area contributed by atoms with Gasteiger partial charge < -0.3 is 20.4 Å². The first-order valence-electron chi connectivity index (χ1n) is 7.23. The van der Waals surface area contributed by atoms with Crippen LogP contribution in [-0.4, -0.2) is 40.6 Å². The molecule has 0 saturated carbocycles. The van der Waals surface area contributed by atoms with E-state index in [0.29, 0.717) is 18.0 Å². The molecule has 0 fully saturated rings. The van der Waals surface area contributed by atoms with E-state index in [4.69, 9.17) is 11.6 Å². The summed E-state index contributed by atoms with van der Waals surface area (Å²) in [5.74, 6) is -1.63. The van der Waals surface area contributed by atoms with Crippen molar-refractivity contribution in [2.45, 2.75) is 13.0 Å². The van der Waals surface area contributed by atoms with Crippen LogP contribution in [0.25, 0.3) is 0 Å². The minimum Gasteiger partial charge on any atom is -0.506 e. The van der Waals surface area contributed by atoms with E-state index in [1.54, 1.807) is 0 Å². The van der Waals surface area contributed by atoms with Crippen molar-refractivity contribution >= 4 is 39.8 Å². The van der Waals surface area contributed by atoms with Crippen molar-refractivity contribution in [2.75, 3.05) is 18.9 Å². The summed E-state index contributed by atoms with van der Waals surface area (Å²) in [6.45, 7) is 1.45. The Morgan fingerprint density at radius 3 is 2.79 bits per heavy atom. The summed E-state index contributed by atoms with van der Waals surface area (Å²) < 4.78 is 0. The number of thiophene rings is 1. The summed E-state index contributed by atoms with van der Waals surface area (Å²) in [4.78, 5) is 27.1. The molecule has 0 aliphatic carbocycles. The van der Waals surface area contributed by atoms with E-state index in [-0.39, 0.29) is 21.9 Å². The number of nitrogens with one attached hydrogen (secondary N) is 1. The molecule has 6 nitrogen and oxygen atoms in total. The minimum absolute atomic E-state index is 0.0632. The molecule has 8 heteroatoms. The third kappa shape index (κ3) is 3.10. The number of hydrogen-bond donors (Lipinski definition) is 3. The monoisotopic (exact) mass is 366 g/mol. The highest BCUT2D eigenvalue weighted by molar-refractivity contribution is 7.17. The number of nitrogens with zero attached hydrogens (tertiary/aromatic N) is 1. The first-order chi connectivity index (χ1) is 11.4. The summed E-state index contributed by atoms with van der Waals surface area (Å²) in [6.07, 6.45) is 0.644. The number of halogens is 1. The van der Waals surface area contributed by atoms with Crippen LogP contribution in [0.3, 0.4) is 0 Å². The predicted molar refractivity (Wildman–Crippen MR) is 92.4 cm³/mol. The van der Waals surface area contributed by atoms with Gasteiger partial charge >= 0.3 is 5.97 Å². The van der Waals surface area contributed by atoms with Crippen molar-refractivity contribution in [3.05, 3.63) is 44.8 Å². The maximum Gasteiger partial charge on any atom is 0.339 e. The lowest BCUT2D eigenvalue weighted by molar-refractivity contribution is 0.0696. The van der Waals surface area contributed by atoms with Crippen LogP contribution >= 0.6 is 22.9 Å². The Morgan fingerprint density at radius 2 is 2.12 bits per heavy atom. The average molecular weight is 367 g/mol. The molecule has 0 radical (unpaired) electrons. The van der Waals surface area contributed by atoms with Crippen LogP contribution in [0.4, 0.5) is 5.00 Å². The fraction of sp³-hybridized carbons (Fsp3) is 0.250. The normalized spacial score (nSPS) is 14.2. The third-order valence-electron chi connectivity index (χ3n) is 3.90. The number of likely N-dealkylation sites (N-methyl/N-ethyl adjacent to an activating group) is 1. The van der Waals surface area contributed by atoms with Crippen molar-refractivity contribution in [1.29, 1.82) is 0 Å². The van der Waals surface area contributed by atoms with Gasteiger partial charge in [0.2, 0.25) is 0 Å². The quantitative estimate of drug-likeness (QED) is 0.776. The number of aromatic carboxylic acids is 1. The van der Waals surface area contributed by atoms with E-state index in [1.165, 1.54) is 29.5 Å². The summed E-state index contributed by atoms with van der Waals surface area (Å²) in [5, 5.41) is 22.0. The van der Waals surface area contributed by atoms with Gasteiger partial charge in [0.1, 0.15) is 10.8 Å². The number of aromatic hydroxyl groups is 1. The van der Waals surface area contributed by atoms with Gasteiger partial charge in [-0.2, -0.15) is 0 Å². The van der Waals surface area contributed by atoms with E-state index >= 15 is 0 Å². The van der Waals surface area contributed by atoms with Crippen molar-refractivity contribution in [2.24, 2.45) is 0 Å². The number of amides is 1. The van der Waals surface area contributed by atoms with Crippen molar-refractivity contribution in [3.8, 4) is 5.75 Å². The van der Waals surface area contributed by atoms with Gasteiger partial charge in [-0.05, 0) is 37.2 Å². The second kappa shape index (κ2) is 6.43. The van der Waals surface area contributed by atoms with Crippen LogP contribution in [0.15, 0.2) is 18.2 Å². The summed E-state index contributed by atoms with van der Waals surface area (Å²) in [5.41, 5.74) is 1.21. The Balaban J connectivity index is 1.93. The predicted octanol–water partition coefficient (Wildman–Crippen LogP) is 3.05. The topological polar surface area (TPSA) is 89.9 Å². The molecule has 24 heavy (non-hydrogen) atoms. The number of hydrogen-bond acceptors (Lipinski definition) is 5. The number of carbonyl (C=O) groups is 2. The van der Waals surface area contributed by atoms with Crippen LogP contribution in [0.1, 0.15) is 31.2 Å². The Kier molecular flexibility index (Phi) is 4.49. The zero-order valence-electron chi connectivity index (χ0n) is 12.8. The largest absolute Gasteiger partial charge is 0.506 e. The molecular weight excluding hydrogens is 352 g/mol. The highest BCUT2D eigenvalue weighted by Gasteiger charge is 2.27. The van der Waals surface area contributed by atoms with Gasteiger partial charge in [0.05, 0.1) is 10.6 Å². The van der Waals surface area contributed by atoms with Crippen LogP contribution in [0.5, 0.6) is 5.75 Å². The molecule has 1 aromatic carbocycles. The van der Waals surface area contributed by atoms with Crippen LogP contribution in [0, 0.1) is 0 Å². The zero-order chi connectivity index (χ0) is 17.4. The molecule has 0 saturated heterocycles. The van der Waals surface area contributed by atoms with Gasteiger partial charge in [0.25, 0.3) is 5.91 Å². The number of carboxylic acids is 1. The first kappa shape index (κ1) is 16.8. The van der Waals surface area contributed by atoms with Gasteiger partial charge in [0.15, 0.2) is 0 Å². The number of phenols is 1. The van der Waals surface area contributed by atoms with Crippen molar-refractivity contribution in [1.82, 2.24) is 4.90 Å². The number of anilines is 1. The van der Waals surface area contributed by atoms with E-state index in [9.17, 15) is 19.8 Å². The molecular formula is C16H15ClN2O4S. The van der Waals surface area contributed by atoms with Gasteiger partial charge in [-0.15, -0.1) is 11.3 Å². The molecule has 0 bridgehead atoms. The molecule has 0 atom stereocenters. The molecule has 1 aliphatic heterocycles. The fourth-order valence-corrected chi connectivity index (χ4v) is 4.16. The second-order valence-corrected chi connectivity index (χ2v) is 7.13. The minimum atomic E-state index is -1.05. The summed E-state index contributed by atoms with van der Waals surface area (Å²) in [7, 11) is 1.97. The molecule has 1 aromatic heterocycles. The smallest absolute Gasteiger partial charge is 0.339 e. The highest BCUT2D eigenvalue weighted by atomic mass is 35.5. The van der Waals surface area contributed by atoms with Crippen molar-refractivity contribution < 1.29 is 19.8 Å². The van der Waals surface area contributed by atoms with Crippen molar-refractivity contribution in [3.63, 3.8) is 0 Å². The van der Waals surface area contributed by atoms with Crippen LogP contribution in [-0.2, 0) is 13.0 Å². The van der Waals surface area contributed by atoms with Gasteiger partial charge in [-0.25, -0.2) is 4.79 Å². The summed E-state index contributed by atoms with van der Waals surface area (Å²) >= 11 is 7.10.